The SMILES string of the molecule is COCCOCCOCCOc1ccc(C2(c3ccc(COCCOCCOCCO)c([C-]=O)c3)c3cc(C)ccc3-c3ccc(C)cc32)cc1C(=O)[O-].[O]=[Os]. The van der Waals surface area contributed by atoms with E-state index in [4.69, 9.17) is 41.8 Å². The second-order valence-corrected chi connectivity index (χ2v) is 12.9. The van der Waals surface area contributed by atoms with Crippen molar-refractivity contribution in [3.05, 3.63) is 123 Å². The summed E-state index contributed by atoms with van der Waals surface area (Å²) >= 11 is 0.611. The van der Waals surface area contributed by atoms with E-state index >= 15 is 0 Å². The van der Waals surface area contributed by atoms with E-state index in [1.807, 2.05) is 38.1 Å². The number of rotatable bonds is 24. The normalized spacial score (nSPS) is 12.4. The Labute approximate surface area is 338 Å². The molecular weight excluding hydrogens is 899 g/mol. The first kappa shape index (κ1) is 44.7. The van der Waals surface area contributed by atoms with Gasteiger partial charge in [-0.2, -0.15) is 6.07 Å². The van der Waals surface area contributed by atoms with Crippen molar-refractivity contribution in [2.45, 2.75) is 25.9 Å². The van der Waals surface area contributed by atoms with Crippen LogP contribution in [-0.2, 0) is 67.3 Å². The Morgan fingerprint density at radius 1 is 0.679 bits per heavy atom. The average Bonchev–Trinajstić information content (AvgIpc) is 3.49. The van der Waals surface area contributed by atoms with Crippen molar-refractivity contribution in [1.29, 1.82) is 0 Å². The van der Waals surface area contributed by atoms with Crippen molar-refractivity contribution < 1.29 is 75.1 Å². The molecule has 0 bridgehead atoms. The van der Waals surface area contributed by atoms with E-state index in [-0.39, 0.29) is 44.3 Å². The molecule has 4 aromatic rings. The number of methoxy groups -OCH3 is 1. The molecule has 13 heteroatoms. The van der Waals surface area contributed by atoms with Gasteiger partial charge in [-0.15, -0.1) is 17.2 Å². The summed E-state index contributed by atoms with van der Waals surface area (Å²) in [7, 11) is 1.61. The standard InChI is InChI=1S/C43H49O11.O.Os/c1-30-4-9-36-37-10-5-31(2)25-40(37)43(39(36)24-30,34-7-6-32(33(26-34)28-45)29-53-21-20-51-17-16-49-13-12-44)35-8-11-41(38(27-35)42(46)47)54-23-22-52-19-18-50-15-14-48-3;;/h4-11,24-27,44H,12-23,29H2,1-3H3,(H,46,47);;/q-1;;/p-1. The van der Waals surface area contributed by atoms with Crippen LogP contribution in [0.4, 0.5) is 0 Å². The van der Waals surface area contributed by atoms with Gasteiger partial charge in [-0.3, -0.25) is 0 Å². The number of ether oxygens (including phenoxy) is 7. The summed E-state index contributed by atoms with van der Waals surface area (Å²) in [4.78, 5) is 25.3. The number of benzene rings is 4. The fraction of sp³-hybridized carbons (Fsp3) is 0.395. The Kier molecular flexibility index (Phi) is 18.6. The number of hydrogen-bond acceptors (Lipinski definition) is 12. The molecule has 0 amide bonds. The van der Waals surface area contributed by atoms with Gasteiger partial charge in [0.1, 0.15) is 12.4 Å². The molecule has 0 aliphatic heterocycles. The predicted molar refractivity (Wildman–Crippen MR) is 200 cm³/mol. The van der Waals surface area contributed by atoms with Gasteiger partial charge < -0.3 is 53.0 Å². The number of aryl methyl sites for hydroxylation is 2. The Morgan fingerprint density at radius 2 is 1.20 bits per heavy atom. The maximum atomic E-state index is 12.7. The first-order valence-electron chi connectivity index (χ1n) is 18.2. The molecule has 12 nitrogen and oxygen atoms in total. The van der Waals surface area contributed by atoms with Gasteiger partial charge in [0, 0.05) is 19.3 Å². The van der Waals surface area contributed by atoms with Crippen LogP contribution in [0, 0.1) is 13.8 Å². The van der Waals surface area contributed by atoms with Gasteiger partial charge >= 0.3 is 22.1 Å². The van der Waals surface area contributed by atoms with E-state index in [1.165, 1.54) is 0 Å². The molecule has 5 rings (SSSR count). The fourth-order valence-corrected chi connectivity index (χ4v) is 6.78. The molecule has 0 atom stereocenters. The first-order valence-corrected chi connectivity index (χ1v) is 19.2. The van der Waals surface area contributed by atoms with E-state index in [0.29, 0.717) is 88.1 Å². The molecule has 56 heavy (non-hydrogen) atoms. The third-order valence-corrected chi connectivity index (χ3v) is 9.26. The molecule has 0 saturated carbocycles. The summed E-state index contributed by atoms with van der Waals surface area (Å²) < 4.78 is 46.7. The van der Waals surface area contributed by atoms with Crippen LogP contribution in [0.5, 0.6) is 5.75 Å². The van der Waals surface area contributed by atoms with E-state index in [1.54, 1.807) is 19.2 Å². The molecule has 0 spiro atoms. The van der Waals surface area contributed by atoms with Gasteiger partial charge in [-0.25, -0.2) is 0 Å². The quantitative estimate of drug-likeness (QED) is 0.0703. The van der Waals surface area contributed by atoms with Crippen molar-refractivity contribution in [2.24, 2.45) is 0 Å². The van der Waals surface area contributed by atoms with Gasteiger partial charge in [0.2, 0.25) is 0 Å². The predicted octanol–water partition coefficient (Wildman–Crippen LogP) is 3.97. The Hall–Kier alpha value is -4.02. The Balaban J connectivity index is 0.00000342. The van der Waals surface area contributed by atoms with E-state index in [2.05, 4.69) is 42.7 Å². The van der Waals surface area contributed by atoms with Crippen LogP contribution < -0.4 is 9.84 Å². The Morgan fingerprint density at radius 3 is 1.75 bits per heavy atom. The maximum absolute atomic E-state index is 12.7. The number of carboxylic acids is 1. The molecule has 0 unspecified atom stereocenters. The van der Waals surface area contributed by atoms with Crippen LogP contribution in [0.25, 0.3) is 11.1 Å². The zero-order valence-corrected chi connectivity index (χ0v) is 34.5. The van der Waals surface area contributed by atoms with Gasteiger partial charge in [0.25, 0.3) is 0 Å². The van der Waals surface area contributed by atoms with Crippen LogP contribution in [0.2, 0.25) is 0 Å². The molecule has 0 aromatic heterocycles. The van der Waals surface area contributed by atoms with E-state index in [0.717, 1.165) is 38.9 Å². The zero-order chi connectivity index (χ0) is 40.3. The molecular formula is C43H48O12Os-2. The number of aliphatic hydroxyl groups is 1. The molecule has 1 aliphatic carbocycles. The summed E-state index contributed by atoms with van der Waals surface area (Å²) in [5.74, 6) is -1.21. The third-order valence-electron chi connectivity index (χ3n) is 9.26. The van der Waals surface area contributed by atoms with Crippen molar-refractivity contribution in [3.8, 4) is 16.9 Å². The second-order valence-electron chi connectivity index (χ2n) is 12.9. The second kappa shape index (κ2) is 23.3. The summed E-state index contributed by atoms with van der Waals surface area (Å²) in [6.07, 6.45) is 2.12. The average molecular weight is 947 g/mol. The van der Waals surface area contributed by atoms with Crippen LogP contribution in [0.3, 0.4) is 0 Å². The third kappa shape index (κ3) is 11.1. The first-order chi connectivity index (χ1) is 27.3. The summed E-state index contributed by atoms with van der Waals surface area (Å²) in [5.41, 5.74) is 7.35. The van der Waals surface area contributed by atoms with Crippen molar-refractivity contribution in [1.82, 2.24) is 0 Å². The molecule has 1 aliphatic rings. The fourth-order valence-electron chi connectivity index (χ4n) is 6.78. The number of fused-ring (bicyclic) bond motifs is 3. The Bertz CT molecular complexity index is 1830. The number of carbonyl (C=O) groups excluding carboxylic acids is 2. The summed E-state index contributed by atoms with van der Waals surface area (Å²) in [6, 6.07) is 23.4. The van der Waals surface area contributed by atoms with E-state index in [9.17, 15) is 14.7 Å². The number of carbonyl (C=O) groups is 1. The number of hydrogen-bond donors (Lipinski definition) is 1. The minimum absolute atomic E-state index is 0.0379. The number of aliphatic hydroxyl groups excluding tert-OH is 1. The molecule has 1 N–H and O–H groups in total. The van der Waals surface area contributed by atoms with Crippen molar-refractivity contribution >= 4 is 12.3 Å². The number of carboxylic acid groups (broad SMARTS) is 1. The van der Waals surface area contributed by atoms with Gasteiger partial charge in [-0.1, -0.05) is 65.2 Å². The van der Waals surface area contributed by atoms with Crippen molar-refractivity contribution in [3.63, 3.8) is 0 Å². The van der Waals surface area contributed by atoms with Crippen LogP contribution in [0.15, 0.2) is 72.8 Å². The monoisotopic (exact) mass is 948 g/mol. The van der Waals surface area contributed by atoms with Gasteiger partial charge in [-0.05, 0) is 53.8 Å². The molecule has 0 heterocycles. The zero-order valence-electron chi connectivity index (χ0n) is 31.9. The molecule has 0 fully saturated rings. The molecule has 0 radical (unpaired) electrons. The van der Waals surface area contributed by atoms with Gasteiger partial charge in [0.15, 0.2) is 0 Å². The summed E-state index contributed by atoms with van der Waals surface area (Å²) in [6.45, 7) is 7.94. The van der Waals surface area contributed by atoms with Crippen molar-refractivity contribution in [2.75, 3.05) is 86.4 Å². The topological polar surface area (TPSA) is 159 Å². The molecule has 302 valence electrons. The van der Waals surface area contributed by atoms with E-state index < -0.39 is 11.4 Å². The molecule has 0 saturated heterocycles. The molecule has 4 aromatic carbocycles. The van der Waals surface area contributed by atoms with Crippen LogP contribution in [-0.4, -0.2) is 104 Å². The number of aromatic carboxylic acids is 1. The minimum atomic E-state index is -1.38. The van der Waals surface area contributed by atoms with Crippen LogP contribution in [0.1, 0.15) is 54.9 Å². The summed E-state index contributed by atoms with van der Waals surface area (Å²) in [5, 5.41) is 21.5. The van der Waals surface area contributed by atoms with Gasteiger partial charge in [0.05, 0.1) is 90.3 Å². The van der Waals surface area contributed by atoms with Crippen LogP contribution >= 0.6 is 0 Å².